The number of hydrogen-bond donors (Lipinski definition) is 1. The molecule has 0 saturated heterocycles. The highest BCUT2D eigenvalue weighted by atomic mass is 16.5. The monoisotopic (exact) mass is 251 g/mol. The lowest BCUT2D eigenvalue weighted by atomic mass is 10.0. The standard InChI is InChI=1S/C14H21NO3/c1-11-5-4-6-12(2)13(11)9-15(7-8-18-3)10-14(16)17/h4-6H,7-10H2,1-3H3,(H,16,17). The van der Waals surface area contributed by atoms with E-state index in [0.29, 0.717) is 19.7 Å². The fourth-order valence-electron chi connectivity index (χ4n) is 1.95. The Labute approximate surface area is 108 Å². The summed E-state index contributed by atoms with van der Waals surface area (Å²) in [4.78, 5) is 12.7. The van der Waals surface area contributed by atoms with Gasteiger partial charge < -0.3 is 9.84 Å². The van der Waals surface area contributed by atoms with Crippen LogP contribution in [0.2, 0.25) is 0 Å². The van der Waals surface area contributed by atoms with Gasteiger partial charge in [-0.2, -0.15) is 0 Å². The third-order valence-electron chi connectivity index (χ3n) is 3.00. The summed E-state index contributed by atoms with van der Waals surface area (Å²) in [5.74, 6) is -0.808. The number of benzene rings is 1. The molecule has 4 nitrogen and oxygen atoms in total. The van der Waals surface area contributed by atoms with Crippen molar-refractivity contribution in [3.05, 3.63) is 34.9 Å². The predicted octanol–water partition coefficient (Wildman–Crippen LogP) is 1.84. The third-order valence-corrected chi connectivity index (χ3v) is 3.00. The summed E-state index contributed by atoms with van der Waals surface area (Å²) in [6, 6.07) is 6.13. The Morgan fingerprint density at radius 2 is 1.94 bits per heavy atom. The van der Waals surface area contributed by atoms with E-state index in [9.17, 15) is 4.79 Å². The van der Waals surface area contributed by atoms with E-state index in [1.807, 2.05) is 11.0 Å². The van der Waals surface area contributed by atoms with Gasteiger partial charge in [0.25, 0.3) is 0 Å². The number of carboxylic acids is 1. The van der Waals surface area contributed by atoms with E-state index >= 15 is 0 Å². The van der Waals surface area contributed by atoms with Crippen molar-refractivity contribution in [1.29, 1.82) is 0 Å². The second-order valence-electron chi connectivity index (χ2n) is 4.47. The molecule has 0 aromatic heterocycles. The van der Waals surface area contributed by atoms with Crippen molar-refractivity contribution in [2.45, 2.75) is 20.4 Å². The summed E-state index contributed by atoms with van der Waals surface area (Å²) >= 11 is 0. The number of hydrogen-bond acceptors (Lipinski definition) is 3. The minimum absolute atomic E-state index is 0.0388. The largest absolute Gasteiger partial charge is 0.480 e. The fourth-order valence-corrected chi connectivity index (χ4v) is 1.95. The number of aliphatic carboxylic acids is 1. The van der Waals surface area contributed by atoms with Crippen molar-refractivity contribution in [2.75, 3.05) is 26.8 Å². The quantitative estimate of drug-likeness (QED) is 0.803. The summed E-state index contributed by atoms with van der Waals surface area (Å²) in [6.45, 7) is 5.95. The molecule has 0 amide bonds. The summed E-state index contributed by atoms with van der Waals surface area (Å²) in [6.07, 6.45) is 0. The molecule has 0 saturated carbocycles. The maximum Gasteiger partial charge on any atom is 0.317 e. The number of carboxylic acid groups (broad SMARTS) is 1. The van der Waals surface area contributed by atoms with Gasteiger partial charge in [-0.15, -0.1) is 0 Å². The summed E-state index contributed by atoms with van der Waals surface area (Å²) < 4.78 is 5.02. The fraction of sp³-hybridized carbons (Fsp3) is 0.500. The summed E-state index contributed by atoms with van der Waals surface area (Å²) in [7, 11) is 1.62. The lowest BCUT2D eigenvalue weighted by Gasteiger charge is -2.22. The molecular weight excluding hydrogens is 230 g/mol. The molecule has 100 valence electrons. The molecule has 0 aliphatic carbocycles. The minimum atomic E-state index is -0.808. The van der Waals surface area contributed by atoms with Gasteiger partial charge in [-0.3, -0.25) is 9.69 Å². The molecule has 0 bridgehead atoms. The van der Waals surface area contributed by atoms with Crippen LogP contribution in [0.15, 0.2) is 18.2 Å². The molecule has 0 atom stereocenters. The van der Waals surface area contributed by atoms with E-state index in [1.165, 1.54) is 16.7 Å². The molecule has 1 aromatic rings. The molecule has 0 radical (unpaired) electrons. The van der Waals surface area contributed by atoms with Crippen molar-refractivity contribution < 1.29 is 14.6 Å². The van der Waals surface area contributed by atoms with Gasteiger partial charge in [-0.1, -0.05) is 18.2 Å². The normalized spacial score (nSPS) is 10.9. The Kier molecular flexibility index (Phi) is 5.82. The van der Waals surface area contributed by atoms with E-state index in [-0.39, 0.29) is 6.54 Å². The molecule has 0 heterocycles. The first-order valence-electron chi connectivity index (χ1n) is 6.02. The van der Waals surface area contributed by atoms with Gasteiger partial charge in [0, 0.05) is 20.2 Å². The summed E-state index contributed by atoms with van der Waals surface area (Å²) in [5.41, 5.74) is 3.60. The zero-order valence-corrected chi connectivity index (χ0v) is 11.3. The van der Waals surface area contributed by atoms with Crippen LogP contribution in [-0.4, -0.2) is 42.8 Å². The molecule has 0 unspecified atom stereocenters. The molecule has 1 N–H and O–H groups in total. The molecule has 0 aliphatic heterocycles. The second kappa shape index (κ2) is 7.13. The van der Waals surface area contributed by atoms with Gasteiger partial charge in [0.2, 0.25) is 0 Å². The molecule has 0 aliphatic rings. The number of aryl methyl sites for hydroxylation is 2. The average molecular weight is 251 g/mol. The van der Waals surface area contributed by atoms with Crippen LogP contribution in [0.5, 0.6) is 0 Å². The lowest BCUT2D eigenvalue weighted by molar-refractivity contribution is -0.138. The SMILES string of the molecule is COCCN(CC(=O)O)Cc1c(C)cccc1C. The van der Waals surface area contributed by atoms with Gasteiger partial charge >= 0.3 is 5.97 Å². The lowest BCUT2D eigenvalue weighted by Crippen LogP contribution is -2.32. The van der Waals surface area contributed by atoms with Gasteiger partial charge in [0.15, 0.2) is 0 Å². The average Bonchev–Trinajstić information content (AvgIpc) is 2.30. The number of carbonyl (C=O) groups is 1. The van der Waals surface area contributed by atoms with Gasteiger partial charge in [0.1, 0.15) is 0 Å². The zero-order chi connectivity index (χ0) is 13.5. The Morgan fingerprint density at radius 3 is 2.44 bits per heavy atom. The van der Waals surface area contributed by atoms with E-state index < -0.39 is 5.97 Å². The Hall–Kier alpha value is -1.39. The Bertz CT molecular complexity index is 384. The van der Waals surface area contributed by atoms with E-state index in [4.69, 9.17) is 9.84 Å². The van der Waals surface area contributed by atoms with Gasteiger partial charge in [-0.25, -0.2) is 0 Å². The number of nitrogens with zero attached hydrogens (tertiary/aromatic N) is 1. The van der Waals surface area contributed by atoms with Crippen LogP contribution in [0.3, 0.4) is 0 Å². The number of methoxy groups -OCH3 is 1. The van der Waals surface area contributed by atoms with Crippen LogP contribution < -0.4 is 0 Å². The van der Waals surface area contributed by atoms with Gasteiger partial charge in [0.05, 0.1) is 13.2 Å². The van der Waals surface area contributed by atoms with E-state index in [0.717, 1.165) is 0 Å². The first kappa shape index (κ1) is 14.7. The van der Waals surface area contributed by atoms with Crippen molar-refractivity contribution >= 4 is 5.97 Å². The molecule has 0 spiro atoms. The molecule has 4 heteroatoms. The van der Waals surface area contributed by atoms with Crippen molar-refractivity contribution in [3.8, 4) is 0 Å². The first-order chi connectivity index (χ1) is 8.54. The van der Waals surface area contributed by atoms with Crippen LogP contribution in [0.1, 0.15) is 16.7 Å². The second-order valence-corrected chi connectivity index (χ2v) is 4.47. The maximum absolute atomic E-state index is 10.9. The highest BCUT2D eigenvalue weighted by molar-refractivity contribution is 5.69. The topological polar surface area (TPSA) is 49.8 Å². The van der Waals surface area contributed by atoms with Crippen LogP contribution in [-0.2, 0) is 16.1 Å². The van der Waals surface area contributed by atoms with Crippen LogP contribution in [0.25, 0.3) is 0 Å². The Balaban J connectivity index is 2.78. The summed E-state index contributed by atoms with van der Waals surface area (Å²) in [5, 5.41) is 8.92. The number of ether oxygens (including phenoxy) is 1. The minimum Gasteiger partial charge on any atom is -0.480 e. The third kappa shape index (κ3) is 4.47. The highest BCUT2D eigenvalue weighted by Crippen LogP contribution is 2.15. The van der Waals surface area contributed by atoms with E-state index in [2.05, 4.69) is 26.0 Å². The molecular formula is C14H21NO3. The van der Waals surface area contributed by atoms with Crippen LogP contribution >= 0.6 is 0 Å². The predicted molar refractivity (Wildman–Crippen MR) is 70.7 cm³/mol. The highest BCUT2D eigenvalue weighted by Gasteiger charge is 2.12. The van der Waals surface area contributed by atoms with Crippen LogP contribution in [0, 0.1) is 13.8 Å². The molecule has 1 rings (SSSR count). The van der Waals surface area contributed by atoms with Gasteiger partial charge in [-0.05, 0) is 30.5 Å². The smallest absolute Gasteiger partial charge is 0.317 e. The van der Waals surface area contributed by atoms with E-state index in [1.54, 1.807) is 7.11 Å². The molecule has 0 fully saturated rings. The molecule has 18 heavy (non-hydrogen) atoms. The molecule has 1 aromatic carbocycles. The first-order valence-corrected chi connectivity index (χ1v) is 6.02. The van der Waals surface area contributed by atoms with Crippen molar-refractivity contribution in [2.24, 2.45) is 0 Å². The maximum atomic E-state index is 10.9. The number of rotatable bonds is 7. The Morgan fingerprint density at radius 1 is 1.33 bits per heavy atom. The van der Waals surface area contributed by atoms with Crippen molar-refractivity contribution in [3.63, 3.8) is 0 Å². The zero-order valence-electron chi connectivity index (χ0n) is 11.3. The van der Waals surface area contributed by atoms with Crippen molar-refractivity contribution in [1.82, 2.24) is 4.90 Å². The van der Waals surface area contributed by atoms with Crippen LogP contribution in [0.4, 0.5) is 0 Å².